The Morgan fingerprint density at radius 1 is 1.25 bits per heavy atom. The Hall–Kier alpha value is -2.78. The molecule has 2 bridgehead atoms. The lowest BCUT2D eigenvalue weighted by atomic mass is 9.85. The maximum absolute atomic E-state index is 12.7. The zero-order chi connectivity index (χ0) is 19.8. The number of carbonyl (C=O) groups is 2. The molecule has 4 atom stereocenters. The van der Waals surface area contributed by atoms with Crippen LogP contribution in [0.2, 0.25) is 5.02 Å². The van der Waals surface area contributed by atoms with E-state index in [0.717, 1.165) is 11.4 Å². The van der Waals surface area contributed by atoms with Gasteiger partial charge in [-0.25, -0.2) is 0 Å². The number of terminal acetylenes is 1. The lowest BCUT2D eigenvalue weighted by Gasteiger charge is -2.13. The van der Waals surface area contributed by atoms with Gasteiger partial charge in [0.15, 0.2) is 11.5 Å². The van der Waals surface area contributed by atoms with Crippen LogP contribution in [0.4, 0.5) is 0 Å². The highest BCUT2D eigenvalue weighted by molar-refractivity contribution is 6.32. The van der Waals surface area contributed by atoms with Crippen molar-refractivity contribution in [2.75, 3.05) is 13.2 Å². The Labute approximate surface area is 168 Å². The lowest BCUT2D eigenvalue weighted by Crippen LogP contribution is -2.28. The van der Waals surface area contributed by atoms with Crippen LogP contribution in [0.15, 0.2) is 29.4 Å². The fraction of sp³-hybridized carbons (Fsp3) is 0.381. The number of ether oxygens (including phenoxy) is 2. The van der Waals surface area contributed by atoms with Crippen LogP contribution in [0, 0.1) is 36.0 Å². The molecular weight excluding hydrogens is 380 g/mol. The first kappa shape index (κ1) is 18.6. The van der Waals surface area contributed by atoms with Gasteiger partial charge in [-0.3, -0.25) is 9.59 Å². The Kier molecular flexibility index (Phi) is 4.86. The molecule has 1 saturated heterocycles. The van der Waals surface area contributed by atoms with Crippen molar-refractivity contribution in [2.45, 2.75) is 13.3 Å². The molecule has 0 spiro atoms. The van der Waals surface area contributed by atoms with E-state index in [-0.39, 0.29) is 42.1 Å². The van der Waals surface area contributed by atoms with Crippen LogP contribution in [0.5, 0.6) is 11.5 Å². The summed E-state index contributed by atoms with van der Waals surface area (Å²) in [6.07, 6.45) is 11.7. The van der Waals surface area contributed by atoms with Gasteiger partial charge in [0.05, 0.1) is 29.7 Å². The second-order valence-corrected chi connectivity index (χ2v) is 7.40. The zero-order valence-corrected chi connectivity index (χ0v) is 16.1. The number of halogens is 1. The van der Waals surface area contributed by atoms with Crippen LogP contribution < -0.4 is 9.47 Å². The highest BCUT2D eigenvalue weighted by Crippen LogP contribution is 2.52. The largest absolute Gasteiger partial charge is 0.490 e. The summed E-state index contributed by atoms with van der Waals surface area (Å²) in [4.78, 5) is 25.4. The summed E-state index contributed by atoms with van der Waals surface area (Å²) in [7, 11) is 0. The van der Waals surface area contributed by atoms with Gasteiger partial charge in [0.2, 0.25) is 0 Å². The number of fused-ring (bicyclic) bond motifs is 5. The minimum atomic E-state index is -0.276. The van der Waals surface area contributed by atoms with E-state index in [1.807, 2.05) is 19.1 Å². The van der Waals surface area contributed by atoms with Crippen molar-refractivity contribution in [1.82, 2.24) is 5.01 Å². The van der Waals surface area contributed by atoms with Crippen molar-refractivity contribution < 1.29 is 19.1 Å². The van der Waals surface area contributed by atoms with E-state index >= 15 is 0 Å². The van der Waals surface area contributed by atoms with Crippen LogP contribution >= 0.6 is 11.6 Å². The number of hydrogen-bond donors (Lipinski definition) is 0. The molecule has 1 saturated carbocycles. The molecule has 6 nitrogen and oxygen atoms in total. The predicted octanol–water partition coefficient (Wildman–Crippen LogP) is 2.89. The van der Waals surface area contributed by atoms with E-state index in [1.54, 1.807) is 12.1 Å². The first-order valence-electron chi connectivity index (χ1n) is 9.17. The number of nitrogens with zero attached hydrogens (tertiary/aromatic N) is 2. The number of rotatable bonds is 6. The molecule has 1 aliphatic heterocycles. The molecule has 3 aliphatic rings. The summed E-state index contributed by atoms with van der Waals surface area (Å²) >= 11 is 6.29. The predicted molar refractivity (Wildman–Crippen MR) is 104 cm³/mol. The zero-order valence-electron chi connectivity index (χ0n) is 15.3. The Bertz CT molecular complexity index is 903. The smallest absolute Gasteiger partial charge is 0.254 e. The van der Waals surface area contributed by atoms with Gasteiger partial charge in [-0.1, -0.05) is 29.7 Å². The van der Waals surface area contributed by atoms with Crippen molar-refractivity contribution in [1.29, 1.82) is 0 Å². The number of hydrogen-bond acceptors (Lipinski definition) is 5. The SMILES string of the molecule is C#CCOc1c(Cl)cc(/C=N\N2C(=O)[C@@H]3[C@@H](C2=O)[C@H]2C=C[C@@H]3C2)cc1OCC. The molecule has 1 aromatic carbocycles. The first-order chi connectivity index (χ1) is 13.5. The minimum Gasteiger partial charge on any atom is -0.490 e. The molecule has 1 aromatic rings. The van der Waals surface area contributed by atoms with E-state index in [2.05, 4.69) is 11.0 Å². The van der Waals surface area contributed by atoms with Crippen LogP contribution in [0.3, 0.4) is 0 Å². The highest BCUT2D eigenvalue weighted by atomic mass is 35.5. The average molecular weight is 399 g/mol. The van der Waals surface area contributed by atoms with Crippen molar-refractivity contribution >= 4 is 29.6 Å². The highest BCUT2D eigenvalue weighted by Gasteiger charge is 2.59. The molecule has 0 unspecified atom stereocenters. The molecule has 2 amide bonds. The number of hydrazone groups is 1. The van der Waals surface area contributed by atoms with Crippen molar-refractivity contribution in [3.8, 4) is 23.8 Å². The quantitative estimate of drug-likeness (QED) is 0.320. The van der Waals surface area contributed by atoms with Gasteiger partial charge in [-0.05, 0) is 42.9 Å². The summed E-state index contributed by atoms with van der Waals surface area (Å²) in [6.45, 7) is 2.30. The maximum atomic E-state index is 12.7. The van der Waals surface area contributed by atoms with Crippen molar-refractivity contribution in [2.24, 2.45) is 28.8 Å². The lowest BCUT2D eigenvalue weighted by molar-refractivity contribution is -0.140. The summed E-state index contributed by atoms with van der Waals surface area (Å²) in [5.41, 5.74) is 0.584. The van der Waals surface area contributed by atoms with Gasteiger partial charge in [-0.2, -0.15) is 10.1 Å². The monoisotopic (exact) mass is 398 g/mol. The molecule has 2 fully saturated rings. The van der Waals surface area contributed by atoms with Crippen molar-refractivity contribution in [3.63, 3.8) is 0 Å². The summed E-state index contributed by atoms with van der Waals surface area (Å²) in [5.74, 6) is 2.45. The molecule has 4 rings (SSSR count). The third-order valence-corrected chi connectivity index (χ3v) is 5.68. The molecule has 28 heavy (non-hydrogen) atoms. The van der Waals surface area contributed by atoms with Gasteiger partial charge in [0.25, 0.3) is 11.8 Å². The van der Waals surface area contributed by atoms with E-state index in [4.69, 9.17) is 27.5 Å². The van der Waals surface area contributed by atoms with Gasteiger partial charge < -0.3 is 9.47 Å². The van der Waals surface area contributed by atoms with Gasteiger partial charge in [0.1, 0.15) is 6.61 Å². The Balaban J connectivity index is 1.57. The Morgan fingerprint density at radius 2 is 1.93 bits per heavy atom. The number of allylic oxidation sites excluding steroid dienone is 2. The summed E-state index contributed by atoms with van der Waals surface area (Å²) in [5, 5.41) is 5.47. The summed E-state index contributed by atoms with van der Waals surface area (Å²) in [6, 6.07) is 3.30. The van der Waals surface area contributed by atoms with Gasteiger partial charge in [-0.15, -0.1) is 6.42 Å². The van der Waals surface area contributed by atoms with E-state index < -0.39 is 0 Å². The second-order valence-electron chi connectivity index (χ2n) is 6.99. The van der Waals surface area contributed by atoms with Crippen LogP contribution in [-0.2, 0) is 9.59 Å². The van der Waals surface area contributed by atoms with Gasteiger partial charge in [0, 0.05) is 0 Å². The molecule has 144 valence electrons. The molecule has 0 aromatic heterocycles. The molecule has 0 radical (unpaired) electrons. The minimum absolute atomic E-state index is 0.0587. The van der Waals surface area contributed by atoms with E-state index in [1.165, 1.54) is 6.21 Å². The fourth-order valence-electron chi connectivity index (χ4n) is 4.30. The average Bonchev–Trinajstić information content (AvgIpc) is 3.34. The van der Waals surface area contributed by atoms with Crippen molar-refractivity contribution in [3.05, 3.63) is 34.9 Å². The second kappa shape index (κ2) is 7.33. The third kappa shape index (κ3) is 2.96. The molecule has 1 heterocycles. The van der Waals surface area contributed by atoms with Gasteiger partial charge >= 0.3 is 0 Å². The molecular formula is C21H19ClN2O4. The van der Waals surface area contributed by atoms with E-state index in [0.29, 0.717) is 28.7 Å². The Morgan fingerprint density at radius 3 is 2.54 bits per heavy atom. The number of amides is 2. The standard InChI is InChI=1S/C21H19ClN2O4/c1-3-7-28-19-15(22)8-12(9-16(19)27-4-2)11-23-24-20(25)17-13-5-6-14(10-13)18(17)21(24)26/h1,5-6,8-9,11,13-14,17-18H,4,7,10H2,2H3/b23-11-/t13-,14+,17-,18-/m0/s1. The first-order valence-corrected chi connectivity index (χ1v) is 9.55. The van der Waals surface area contributed by atoms with Crippen LogP contribution in [-0.4, -0.2) is 36.3 Å². The van der Waals surface area contributed by atoms with Crippen LogP contribution in [0.25, 0.3) is 0 Å². The van der Waals surface area contributed by atoms with Crippen LogP contribution in [0.1, 0.15) is 18.9 Å². The number of benzene rings is 1. The maximum Gasteiger partial charge on any atom is 0.254 e. The van der Waals surface area contributed by atoms with E-state index in [9.17, 15) is 9.59 Å². The number of imide groups is 1. The molecule has 7 heteroatoms. The topological polar surface area (TPSA) is 68.2 Å². The summed E-state index contributed by atoms with van der Waals surface area (Å²) < 4.78 is 11.0. The fourth-order valence-corrected chi connectivity index (χ4v) is 4.58. The molecule has 2 aliphatic carbocycles. The number of carbonyl (C=O) groups excluding carboxylic acids is 2. The third-order valence-electron chi connectivity index (χ3n) is 5.40. The normalized spacial score (nSPS) is 27.5. The molecule has 0 N–H and O–H groups in total.